The summed E-state index contributed by atoms with van der Waals surface area (Å²) in [6, 6.07) is 0.623. The Hall–Kier alpha value is -1.30. The number of aromatic amines is 1. The molecule has 0 aliphatic carbocycles. The monoisotopic (exact) mass is 262 g/mol. The molecule has 1 N–H and O–H groups in total. The van der Waals surface area contributed by atoms with Crippen LogP contribution in [0.1, 0.15) is 25.0 Å². The van der Waals surface area contributed by atoms with Crippen molar-refractivity contribution in [2.24, 2.45) is 0 Å². The average molecular weight is 262 g/mol. The number of pyridine rings is 1. The lowest BCUT2D eigenvalue weighted by atomic mass is 10.1. The van der Waals surface area contributed by atoms with Crippen molar-refractivity contribution in [3.8, 4) is 0 Å². The lowest BCUT2D eigenvalue weighted by Crippen LogP contribution is -2.26. The molecule has 1 aromatic rings. The third kappa shape index (κ3) is 3.87. The molecule has 0 amide bonds. The van der Waals surface area contributed by atoms with E-state index < -0.39 is 17.3 Å². The van der Waals surface area contributed by atoms with Crippen molar-refractivity contribution < 1.29 is 13.2 Å². The van der Waals surface area contributed by atoms with Crippen LogP contribution in [0.25, 0.3) is 0 Å². The summed E-state index contributed by atoms with van der Waals surface area (Å²) in [4.78, 5) is 15.3. The van der Waals surface area contributed by atoms with Gasteiger partial charge in [0.15, 0.2) is 0 Å². The van der Waals surface area contributed by atoms with Crippen molar-refractivity contribution in [1.82, 2.24) is 9.88 Å². The van der Waals surface area contributed by atoms with Gasteiger partial charge in [-0.1, -0.05) is 13.8 Å². The van der Waals surface area contributed by atoms with Gasteiger partial charge < -0.3 is 9.88 Å². The molecule has 0 spiro atoms. The van der Waals surface area contributed by atoms with Crippen molar-refractivity contribution in [3.05, 3.63) is 33.7 Å². The lowest BCUT2D eigenvalue weighted by molar-refractivity contribution is -0.138. The van der Waals surface area contributed by atoms with Crippen molar-refractivity contribution >= 4 is 0 Å². The van der Waals surface area contributed by atoms with E-state index in [-0.39, 0.29) is 12.0 Å². The van der Waals surface area contributed by atoms with Crippen LogP contribution in [0.2, 0.25) is 0 Å². The Bertz CT molecular complexity index is 436. The van der Waals surface area contributed by atoms with Gasteiger partial charge in [0.25, 0.3) is 0 Å². The first-order valence-electron chi connectivity index (χ1n) is 5.89. The Morgan fingerprint density at radius 2 is 1.89 bits per heavy atom. The second-order valence-electron chi connectivity index (χ2n) is 4.01. The van der Waals surface area contributed by atoms with Gasteiger partial charge in [-0.05, 0) is 25.1 Å². The van der Waals surface area contributed by atoms with Gasteiger partial charge in [0.05, 0.1) is 5.56 Å². The molecular formula is C12H17F3N2O. The maximum Gasteiger partial charge on any atom is 0.416 e. The molecule has 6 heteroatoms. The zero-order valence-corrected chi connectivity index (χ0v) is 10.5. The molecule has 1 aromatic heterocycles. The molecule has 0 aliphatic heterocycles. The van der Waals surface area contributed by atoms with Crippen molar-refractivity contribution in [2.45, 2.75) is 26.4 Å². The highest BCUT2D eigenvalue weighted by Crippen LogP contribution is 2.30. The third-order valence-electron chi connectivity index (χ3n) is 2.91. The van der Waals surface area contributed by atoms with Crippen LogP contribution >= 0.6 is 0 Å². The van der Waals surface area contributed by atoms with E-state index in [1.807, 2.05) is 18.7 Å². The number of nitrogens with one attached hydrogen (secondary N) is 1. The van der Waals surface area contributed by atoms with Gasteiger partial charge in [-0.2, -0.15) is 13.2 Å². The van der Waals surface area contributed by atoms with E-state index >= 15 is 0 Å². The molecule has 0 atom stereocenters. The zero-order chi connectivity index (χ0) is 13.8. The summed E-state index contributed by atoms with van der Waals surface area (Å²) in [7, 11) is 0. The molecule has 0 unspecified atom stereocenters. The van der Waals surface area contributed by atoms with E-state index in [1.54, 1.807) is 0 Å². The Kier molecular flexibility index (Phi) is 4.95. The fourth-order valence-corrected chi connectivity index (χ4v) is 1.79. The van der Waals surface area contributed by atoms with E-state index in [1.165, 1.54) is 0 Å². The number of hydrogen-bond acceptors (Lipinski definition) is 2. The Labute approximate surface area is 104 Å². The van der Waals surface area contributed by atoms with E-state index in [9.17, 15) is 18.0 Å². The summed E-state index contributed by atoms with van der Waals surface area (Å²) in [5, 5.41) is 0. The molecule has 3 nitrogen and oxygen atoms in total. The van der Waals surface area contributed by atoms with Crippen molar-refractivity contribution in [1.29, 1.82) is 0 Å². The van der Waals surface area contributed by atoms with Gasteiger partial charge in [-0.15, -0.1) is 0 Å². The summed E-state index contributed by atoms with van der Waals surface area (Å²) in [6.45, 7) is 6.05. The predicted molar refractivity (Wildman–Crippen MR) is 63.6 cm³/mol. The van der Waals surface area contributed by atoms with Gasteiger partial charge in [0.1, 0.15) is 0 Å². The van der Waals surface area contributed by atoms with Gasteiger partial charge in [-0.3, -0.25) is 4.79 Å². The van der Waals surface area contributed by atoms with Crippen LogP contribution < -0.4 is 5.56 Å². The first-order valence-corrected chi connectivity index (χ1v) is 5.89. The largest absolute Gasteiger partial charge is 0.416 e. The molecule has 0 saturated carbocycles. The second kappa shape index (κ2) is 6.04. The Morgan fingerprint density at radius 3 is 2.39 bits per heavy atom. The topological polar surface area (TPSA) is 36.1 Å². The maximum absolute atomic E-state index is 12.8. The Morgan fingerprint density at radius 1 is 1.28 bits per heavy atom. The average Bonchev–Trinajstić information content (AvgIpc) is 2.30. The number of H-pyrrole nitrogens is 1. The highest BCUT2D eigenvalue weighted by Gasteiger charge is 2.33. The first-order chi connectivity index (χ1) is 8.38. The zero-order valence-electron chi connectivity index (χ0n) is 10.5. The standard InChI is InChI=1S/C12H17F3N2O/c1-3-17(4-2)6-5-9-8-16-11(18)7-10(9)12(13,14)15/h7-8H,3-6H2,1-2H3,(H,16,18). The number of rotatable bonds is 5. The van der Waals surface area contributed by atoms with Gasteiger partial charge in [-0.25, -0.2) is 0 Å². The Balaban J connectivity index is 2.92. The van der Waals surface area contributed by atoms with Gasteiger partial charge >= 0.3 is 6.18 Å². The van der Waals surface area contributed by atoms with E-state index in [0.29, 0.717) is 12.6 Å². The van der Waals surface area contributed by atoms with E-state index in [4.69, 9.17) is 0 Å². The van der Waals surface area contributed by atoms with Crippen molar-refractivity contribution in [2.75, 3.05) is 19.6 Å². The molecule has 18 heavy (non-hydrogen) atoms. The molecule has 1 heterocycles. The number of likely N-dealkylation sites (N-methyl/N-ethyl adjacent to an activating group) is 1. The number of nitrogens with zero attached hydrogens (tertiary/aromatic N) is 1. The minimum atomic E-state index is -4.48. The van der Waals surface area contributed by atoms with Crippen LogP contribution in [0.4, 0.5) is 13.2 Å². The molecule has 0 radical (unpaired) electrons. The molecule has 0 aromatic carbocycles. The number of hydrogen-bond donors (Lipinski definition) is 1. The SMILES string of the molecule is CCN(CC)CCc1c[nH]c(=O)cc1C(F)(F)F. The van der Waals surface area contributed by atoms with Crippen LogP contribution in [-0.2, 0) is 12.6 Å². The van der Waals surface area contributed by atoms with Crippen molar-refractivity contribution in [3.63, 3.8) is 0 Å². The van der Waals surface area contributed by atoms with Crippen LogP contribution in [0.15, 0.2) is 17.1 Å². The summed E-state index contributed by atoms with van der Waals surface area (Å²) in [5.74, 6) is 0. The highest BCUT2D eigenvalue weighted by atomic mass is 19.4. The van der Waals surface area contributed by atoms with Gasteiger partial charge in [0, 0.05) is 18.8 Å². The van der Waals surface area contributed by atoms with E-state index in [0.717, 1.165) is 19.3 Å². The number of halogens is 3. The van der Waals surface area contributed by atoms with Gasteiger partial charge in [0.2, 0.25) is 5.56 Å². The van der Waals surface area contributed by atoms with Crippen LogP contribution in [0.3, 0.4) is 0 Å². The molecule has 1 rings (SSSR count). The van der Waals surface area contributed by atoms with Crippen LogP contribution in [-0.4, -0.2) is 29.5 Å². The highest BCUT2D eigenvalue weighted by molar-refractivity contribution is 5.26. The first kappa shape index (κ1) is 14.8. The summed E-state index contributed by atoms with van der Waals surface area (Å²) in [5.41, 5.74) is -1.43. The summed E-state index contributed by atoms with van der Waals surface area (Å²) >= 11 is 0. The fourth-order valence-electron chi connectivity index (χ4n) is 1.79. The molecular weight excluding hydrogens is 245 g/mol. The summed E-state index contributed by atoms with van der Waals surface area (Å²) in [6.07, 6.45) is -3.05. The van der Waals surface area contributed by atoms with E-state index in [2.05, 4.69) is 4.98 Å². The third-order valence-corrected chi connectivity index (χ3v) is 2.91. The molecule has 0 bridgehead atoms. The molecule has 0 saturated heterocycles. The minimum Gasteiger partial charge on any atom is -0.329 e. The summed E-state index contributed by atoms with van der Waals surface area (Å²) < 4.78 is 38.3. The van der Waals surface area contributed by atoms with Crippen LogP contribution in [0, 0.1) is 0 Å². The minimum absolute atomic E-state index is 0.133. The number of alkyl halides is 3. The maximum atomic E-state index is 12.8. The normalized spacial score (nSPS) is 12.1. The smallest absolute Gasteiger partial charge is 0.329 e. The molecule has 102 valence electrons. The molecule has 0 aliphatic rings. The second-order valence-corrected chi connectivity index (χ2v) is 4.01. The molecule has 0 fully saturated rings. The lowest BCUT2D eigenvalue weighted by Gasteiger charge is -2.19. The fraction of sp³-hybridized carbons (Fsp3) is 0.583. The van der Waals surface area contributed by atoms with Crippen LogP contribution in [0.5, 0.6) is 0 Å². The predicted octanol–water partition coefficient (Wildman–Crippen LogP) is 2.28. The quantitative estimate of drug-likeness (QED) is 0.883. The number of aromatic nitrogens is 1.